The summed E-state index contributed by atoms with van der Waals surface area (Å²) in [5, 5.41) is 14.7. The summed E-state index contributed by atoms with van der Waals surface area (Å²) in [6.07, 6.45) is 3.19. The molecule has 0 aliphatic carbocycles. The Hall–Kier alpha value is -3.51. The molecule has 2 aliphatic heterocycles. The molecular weight excluding hydrogens is 516 g/mol. The van der Waals surface area contributed by atoms with E-state index in [1.807, 2.05) is 31.2 Å². The molecule has 2 atom stereocenters. The van der Waals surface area contributed by atoms with Gasteiger partial charge in [0.1, 0.15) is 5.69 Å². The summed E-state index contributed by atoms with van der Waals surface area (Å²) in [4.78, 5) is 9.54. The van der Waals surface area contributed by atoms with Crippen LogP contribution in [0.2, 0.25) is 0 Å². The van der Waals surface area contributed by atoms with Gasteiger partial charge in [0.25, 0.3) is 5.89 Å². The van der Waals surface area contributed by atoms with Crippen LogP contribution in [-0.2, 0) is 14.6 Å². The molecule has 0 saturated carbocycles. The fraction of sp³-hybridized carbons (Fsp3) is 0.357. The number of benzene rings is 2. The average molecular weight is 547 g/mol. The number of hydrogen-bond donors (Lipinski definition) is 2. The lowest BCUT2D eigenvalue weighted by molar-refractivity contribution is 0.0769. The van der Waals surface area contributed by atoms with Gasteiger partial charge < -0.3 is 19.8 Å². The van der Waals surface area contributed by atoms with E-state index >= 15 is 0 Å². The topological polar surface area (TPSA) is 132 Å². The van der Waals surface area contributed by atoms with Crippen molar-refractivity contribution in [2.75, 3.05) is 32.8 Å². The molecule has 4 aromatic rings. The summed E-state index contributed by atoms with van der Waals surface area (Å²) in [7, 11) is -3.39. The minimum absolute atomic E-state index is 0.171. The number of piperidine rings is 1. The van der Waals surface area contributed by atoms with Crippen molar-refractivity contribution < 1.29 is 17.6 Å². The Kier molecular flexibility index (Phi) is 7.22. The Balaban J connectivity index is 1.22. The summed E-state index contributed by atoms with van der Waals surface area (Å²) in [5.74, 6) is 0.662. The van der Waals surface area contributed by atoms with Gasteiger partial charge in [-0.3, -0.25) is 4.98 Å². The van der Waals surface area contributed by atoms with Crippen LogP contribution in [0.25, 0.3) is 34.3 Å². The molecule has 0 amide bonds. The number of nitrogens with zero attached hydrogens (tertiary/aromatic N) is 4. The van der Waals surface area contributed by atoms with Crippen molar-refractivity contribution >= 4 is 9.84 Å². The SMILES string of the molecule is Cc1ncc(-c2ccc(S(=O)(=O)C3CCCNC3)cc2)nc1-c1nnc(-c2ccc(C3COCCN3)cc2)o1. The van der Waals surface area contributed by atoms with Gasteiger partial charge in [0.15, 0.2) is 9.84 Å². The van der Waals surface area contributed by atoms with Gasteiger partial charge in [-0.2, -0.15) is 0 Å². The number of nitrogens with one attached hydrogen (secondary N) is 2. The highest BCUT2D eigenvalue weighted by Gasteiger charge is 2.29. The molecule has 202 valence electrons. The van der Waals surface area contributed by atoms with Crippen LogP contribution in [0.1, 0.15) is 30.1 Å². The van der Waals surface area contributed by atoms with Crippen LogP contribution >= 0.6 is 0 Å². The van der Waals surface area contributed by atoms with Gasteiger partial charge in [0.2, 0.25) is 5.89 Å². The molecule has 2 fully saturated rings. The van der Waals surface area contributed by atoms with Gasteiger partial charge in [-0.1, -0.05) is 24.3 Å². The van der Waals surface area contributed by atoms with E-state index in [0.29, 0.717) is 47.4 Å². The predicted molar refractivity (Wildman–Crippen MR) is 146 cm³/mol. The molecule has 10 nitrogen and oxygen atoms in total. The number of hydrogen-bond acceptors (Lipinski definition) is 10. The molecule has 2 aromatic heterocycles. The van der Waals surface area contributed by atoms with Crippen LogP contribution < -0.4 is 10.6 Å². The third-order valence-electron chi connectivity index (χ3n) is 7.23. The average Bonchev–Trinajstić information content (AvgIpc) is 3.49. The summed E-state index contributed by atoms with van der Waals surface area (Å²) in [5.41, 5.74) is 4.42. The van der Waals surface area contributed by atoms with Crippen molar-refractivity contribution in [2.45, 2.75) is 36.0 Å². The van der Waals surface area contributed by atoms with E-state index in [1.54, 1.807) is 30.5 Å². The molecular formula is C28H30N6O4S. The number of aromatic nitrogens is 4. The van der Waals surface area contributed by atoms with E-state index in [2.05, 4.69) is 25.8 Å². The van der Waals surface area contributed by atoms with E-state index in [-0.39, 0.29) is 11.9 Å². The van der Waals surface area contributed by atoms with Crippen LogP contribution in [0, 0.1) is 6.92 Å². The molecule has 11 heteroatoms. The van der Waals surface area contributed by atoms with Gasteiger partial charge in [0, 0.05) is 24.2 Å². The fourth-order valence-corrected chi connectivity index (χ4v) is 6.67. The highest BCUT2D eigenvalue weighted by Crippen LogP contribution is 2.29. The third kappa shape index (κ3) is 5.35. The number of aryl methyl sites for hydroxylation is 1. The van der Waals surface area contributed by atoms with Crippen molar-refractivity contribution in [1.29, 1.82) is 0 Å². The van der Waals surface area contributed by atoms with Gasteiger partial charge >= 0.3 is 0 Å². The fourth-order valence-electron chi connectivity index (χ4n) is 4.96. The lowest BCUT2D eigenvalue weighted by Gasteiger charge is -2.24. The van der Waals surface area contributed by atoms with E-state index < -0.39 is 15.1 Å². The van der Waals surface area contributed by atoms with Crippen LogP contribution in [0.4, 0.5) is 0 Å². The standard InChI is InChI=1S/C28H30N6O4S/c1-18-26(28-34-33-27(38-28)21-6-4-20(5-7-21)25-17-37-14-13-30-25)32-24(16-31-18)19-8-10-22(11-9-19)39(35,36)23-3-2-12-29-15-23/h4-11,16,23,25,29-30H,2-3,12-15,17H2,1H3. The molecule has 2 N–H and O–H groups in total. The van der Waals surface area contributed by atoms with Crippen molar-refractivity contribution in [3.63, 3.8) is 0 Å². The van der Waals surface area contributed by atoms with Crippen LogP contribution in [0.3, 0.4) is 0 Å². The predicted octanol–water partition coefficient (Wildman–Crippen LogP) is 3.36. The monoisotopic (exact) mass is 546 g/mol. The van der Waals surface area contributed by atoms with Crippen molar-refractivity contribution in [2.24, 2.45) is 0 Å². The Morgan fingerprint density at radius 3 is 2.44 bits per heavy atom. The first-order chi connectivity index (χ1) is 19.0. The van der Waals surface area contributed by atoms with Crippen molar-refractivity contribution in [1.82, 2.24) is 30.8 Å². The second kappa shape index (κ2) is 10.9. The lowest BCUT2D eigenvalue weighted by atomic mass is 10.0. The van der Waals surface area contributed by atoms with E-state index in [1.165, 1.54) is 0 Å². The molecule has 39 heavy (non-hydrogen) atoms. The van der Waals surface area contributed by atoms with Crippen LogP contribution in [-0.4, -0.2) is 66.7 Å². The normalized spacial score (nSPS) is 20.1. The third-order valence-corrected chi connectivity index (χ3v) is 9.44. The number of morpholine rings is 1. The van der Waals surface area contributed by atoms with Crippen molar-refractivity contribution in [3.05, 3.63) is 66.0 Å². The molecule has 2 saturated heterocycles. The van der Waals surface area contributed by atoms with Gasteiger partial charge in [0.05, 0.1) is 47.0 Å². The second-order valence-corrected chi connectivity index (χ2v) is 12.1. The highest BCUT2D eigenvalue weighted by atomic mass is 32.2. The summed E-state index contributed by atoms with van der Waals surface area (Å²) in [6, 6.07) is 15.0. The molecule has 6 rings (SSSR count). The maximum Gasteiger partial charge on any atom is 0.268 e. The number of ether oxygens (including phenoxy) is 1. The Morgan fingerprint density at radius 2 is 1.72 bits per heavy atom. The van der Waals surface area contributed by atoms with Gasteiger partial charge in [-0.05, 0) is 56.1 Å². The van der Waals surface area contributed by atoms with Gasteiger partial charge in [-0.15, -0.1) is 10.2 Å². The van der Waals surface area contributed by atoms with E-state index in [9.17, 15) is 8.42 Å². The Morgan fingerprint density at radius 1 is 0.949 bits per heavy atom. The maximum atomic E-state index is 13.0. The maximum absolute atomic E-state index is 13.0. The largest absolute Gasteiger partial charge is 0.415 e. The molecule has 0 radical (unpaired) electrons. The minimum atomic E-state index is -3.39. The zero-order valence-electron chi connectivity index (χ0n) is 21.6. The van der Waals surface area contributed by atoms with Crippen LogP contribution in [0.5, 0.6) is 0 Å². The number of rotatable bonds is 6. The summed E-state index contributed by atoms with van der Waals surface area (Å²) in [6.45, 7) is 5.39. The molecule has 0 spiro atoms. The van der Waals surface area contributed by atoms with Crippen molar-refractivity contribution in [3.8, 4) is 34.3 Å². The second-order valence-electron chi connectivity index (χ2n) is 9.84. The lowest BCUT2D eigenvalue weighted by Crippen LogP contribution is -2.38. The zero-order valence-corrected chi connectivity index (χ0v) is 22.4. The van der Waals surface area contributed by atoms with Gasteiger partial charge in [-0.25, -0.2) is 13.4 Å². The van der Waals surface area contributed by atoms with Crippen LogP contribution in [0.15, 0.2) is 64.0 Å². The summed E-state index contributed by atoms with van der Waals surface area (Å²) < 4.78 is 37.6. The molecule has 2 aromatic carbocycles. The molecule has 2 aliphatic rings. The minimum Gasteiger partial charge on any atom is -0.415 e. The Bertz CT molecular complexity index is 1540. The Labute approximate surface area is 227 Å². The summed E-state index contributed by atoms with van der Waals surface area (Å²) >= 11 is 0. The molecule has 0 bridgehead atoms. The first kappa shape index (κ1) is 25.8. The molecule has 4 heterocycles. The highest BCUT2D eigenvalue weighted by molar-refractivity contribution is 7.92. The first-order valence-electron chi connectivity index (χ1n) is 13.1. The zero-order chi connectivity index (χ0) is 26.8. The molecule has 2 unspecified atom stereocenters. The smallest absolute Gasteiger partial charge is 0.268 e. The van der Waals surface area contributed by atoms with E-state index in [0.717, 1.165) is 42.8 Å². The number of sulfone groups is 1. The van der Waals surface area contributed by atoms with E-state index in [4.69, 9.17) is 14.1 Å². The first-order valence-corrected chi connectivity index (χ1v) is 14.7. The quantitative estimate of drug-likeness (QED) is 0.371.